The SMILES string of the molecule is Cc1nonc1CN1Cc2[nH]cnc2CC1C(=O)O. The highest BCUT2D eigenvalue weighted by atomic mass is 16.6. The van der Waals surface area contributed by atoms with Crippen LogP contribution in [0.5, 0.6) is 0 Å². The highest BCUT2D eigenvalue weighted by molar-refractivity contribution is 5.74. The lowest BCUT2D eigenvalue weighted by atomic mass is 10.0. The molecule has 100 valence electrons. The number of fused-ring (bicyclic) bond motifs is 1. The summed E-state index contributed by atoms with van der Waals surface area (Å²) in [4.78, 5) is 20.4. The molecule has 0 saturated carbocycles. The van der Waals surface area contributed by atoms with Crippen molar-refractivity contribution in [3.05, 3.63) is 29.1 Å². The van der Waals surface area contributed by atoms with Gasteiger partial charge in [0.25, 0.3) is 0 Å². The van der Waals surface area contributed by atoms with E-state index in [1.165, 1.54) is 0 Å². The lowest BCUT2D eigenvalue weighted by Crippen LogP contribution is -2.45. The second kappa shape index (κ2) is 4.47. The molecule has 0 aromatic carbocycles. The summed E-state index contributed by atoms with van der Waals surface area (Å²) in [7, 11) is 0. The summed E-state index contributed by atoms with van der Waals surface area (Å²) in [5.74, 6) is -0.859. The molecule has 0 saturated heterocycles. The minimum absolute atomic E-state index is 0.387. The van der Waals surface area contributed by atoms with Gasteiger partial charge >= 0.3 is 5.97 Å². The number of H-pyrrole nitrogens is 1. The Balaban J connectivity index is 1.86. The van der Waals surface area contributed by atoms with E-state index >= 15 is 0 Å². The van der Waals surface area contributed by atoms with Crippen molar-refractivity contribution in [1.82, 2.24) is 25.2 Å². The van der Waals surface area contributed by atoms with Gasteiger partial charge in [-0.1, -0.05) is 10.3 Å². The Hall–Kier alpha value is -2.22. The number of aryl methyl sites for hydroxylation is 1. The smallest absolute Gasteiger partial charge is 0.321 e. The van der Waals surface area contributed by atoms with Crippen LogP contribution >= 0.6 is 0 Å². The summed E-state index contributed by atoms with van der Waals surface area (Å²) < 4.78 is 4.64. The first-order chi connectivity index (χ1) is 9.15. The molecule has 0 amide bonds. The maximum absolute atomic E-state index is 11.4. The zero-order valence-corrected chi connectivity index (χ0v) is 10.3. The number of aromatic amines is 1. The molecule has 3 rings (SSSR count). The third-order valence-corrected chi connectivity index (χ3v) is 3.38. The number of nitrogens with one attached hydrogen (secondary N) is 1. The number of rotatable bonds is 3. The molecule has 1 atom stereocenters. The monoisotopic (exact) mass is 263 g/mol. The summed E-state index contributed by atoms with van der Waals surface area (Å²) in [6.07, 6.45) is 1.98. The lowest BCUT2D eigenvalue weighted by molar-refractivity contribution is -0.144. The molecule has 2 aromatic rings. The Morgan fingerprint density at radius 1 is 1.63 bits per heavy atom. The summed E-state index contributed by atoms with van der Waals surface area (Å²) >= 11 is 0. The number of hydrogen-bond donors (Lipinski definition) is 2. The first-order valence-electron chi connectivity index (χ1n) is 5.91. The zero-order chi connectivity index (χ0) is 13.4. The molecule has 0 aliphatic carbocycles. The summed E-state index contributed by atoms with van der Waals surface area (Å²) in [5.41, 5.74) is 3.11. The Bertz CT molecular complexity index is 605. The average molecular weight is 263 g/mol. The maximum Gasteiger partial charge on any atom is 0.321 e. The van der Waals surface area contributed by atoms with Crippen LogP contribution < -0.4 is 0 Å². The van der Waals surface area contributed by atoms with Gasteiger partial charge < -0.3 is 10.1 Å². The Morgan fingerprint density at radius 2 is 2.47 bits per heavy atom. The molecule has 8 nitrogen and oxygen atoms in total. The molecule has 0 fully saturated rings. The molecule has 19 heavy (non-hydrogen) atoms. The van der Waals surface area contributed by atoms with Crippen LogP contribution in [-0.2, 0) is 24.3 Å². The van der Waals surface area contributed by atoms with Crippen molar-refractivity contribution < 1.29 is 14.5 Å². The van der Waals surface area contributed by atoms with Gasteiger partial charge in [-0.3, -0.25) is 9.69 Å². The average Bonchev–Trinajstić information content (AvgIpc) is 2.97. The second-order valence-corrected chi connectivity index (χ2v) is 4.59. The van der Waals surface area contributed by atoms with Crippen LogP contribution in [0, 0.1) is 6.92 Å². The number of carbonyl (C=O) groups is 1. The molecule has 0 bridgehead atoms. The molecule has 0 spiro atoms. The predicted molar refractivity (Wildman–Crippen MR) is 62.0 cm³/mol. The van der Waals surface area contributed by atoms with Crippen LogP contribution in [0.4, 0.5) is 0 Å². The van der Waals surface area contributed by atoms with Gasteiger partial charge in [0.05, 0.1) is 17.7 Å². The molecule has 2 N–H and O–H groups in total. The minimum atomic E-state index is -0.859. The summed E-state index contributed by atoms with van der Waals surface area (Å²) in [6, 6.07) is -0.605. The second-order valence-electron chi connectivity index (χ2n) is 4.59. The normalized spacial score (nSPS) is 19.3. The minimum Gasteiger partial charge on any atom is -0.480 e. The van der Waals surface area contributed by atoms with Crippen LogP contribution in [0.1, 0.15) is 22.8 Å². The number of nitrogens with zero attached hydrogens (tertiary/aromatic N) is 4. The van der Waals surface area contributed by atoms with Crippen LogP contribution in [0.25, 0.3) is 0 Å². The summed E-state index contributed by atoms with van der Waals surface area (Å²) in [6.45, 7) is 2.68. The molecule has 8 heteroatoms. The number of aromatic nitrogens is 4. The van der Waals surface area contributed by atoms with Crippen molar-refractivity contribution in [3.63, 3.8) is 0 Å². The number of carboxylic acids is 1. The molecular weight excluding hydrogens is 250 g/mol. The number of aliphatic carboxylic acids is 1. The molecule has 2 aromatic heterocycles. The van der Waals surface area contributed by atoms with Gasteiger partial charge in [-0.2, -0.15) is 0 Å². The van der Waals surface area contributed by atoms with Gasteiger partial charge in [0.2, 0.25) is 0 Å². The Labute approximate surface area is 108 Å². The van der Waals surface area contributed by atoms with E-state index < -0.39 is 12.0 Å². The van der Waals surface area contributed by atoms with E-state index in [0.29, 0.717) is 30.9 Å². The van der Waals surface area contributed by atoms with Crippen molar-refractivity contribution in [2.24, 2.45) is 0 Å². The molecule has 1 unspecified atom stereocenters. The van der Waals surface area contributed by atoms with E-state index in [1.807, 2.05) is 4.90 Å². The fraction of sp³-hybridized carbons (Fsp3) is 0.455. The highest BCUT2D eigenvalue weighted by Gasteiger charge is 2.33. The van der Waals surface area contributed by atoms with E-state index in [-0.39, 0.29) is 0 Å². The number of imidazole rings is 1. The van der Waals surface area contributed by atoms with Crippen molar-refractivity contribution >= 4 is 5.97 Å². The fourth-order valence-corrected chi connectivity index (χ4v) is 2.28. The summed E-state index contributed by atoms with van der Waals surface area (Å²) in [5, 5.41) is 16.8. The number of carboxylic acid groups (broad SMARTS) is 1. The van der Waals surface area contributed by atoms with Crippen LogP contribution in [0.15, 0.2) is 11.0 Å². The Kier molecular flexibility index (Phi) is 2.79. The van der Waals surface area contributed by atoms with E-state index in [4.69, 9.17) is 0 Å². The zero-order valence-electron chi connectivity index (χ0n) is 10.3. The van der Waals surface area contributed by atoms with Crippen molar-refractivity contribution in [2.75, 3.05) is 0 Å². The van der Waals surface area contributed by atoms with E-state index in [1.54, 1.807) is 13.3 Å². The van der Waals surface area contributed by atoms with E-state index in [2.05, 4.69) is 24.9 Å². The third-order valence-electron chi connectivity index (χ3n) is 3.38. The number of hydrogen-bond acceptors (Lipinski definition) is 6. The fourth-order valence-electron chi connectivity index (χ4n) is 2.28. The van der Waals surface area contributed by atoms with Crippen LogP contribution in [-0.4, -0.2) is 42.3 Å². The van der Waals surface area contributed by atoms with Crippen molar-refractivity contribution in [1.29, 1.82) is 0 Å². The van der Waals surface area contributed by atoms with Gasteiger partial charge in [0.1, 0.15) is 17.4 Å². The molecule has 1 aliphatic rings. The predicted octanol–water partition coefficient (Wildman–Crippen LogP) is 0.113. The quantitative estimate of drug-likeness (QED) is 0.809. The van der Waals surface area contributed by atoms with E-state index in [0.717, 1.165) is 11.4 Å². The molecular formula is C11H13N5O3. The van der Waals surface area contributed by atoms with Crippen molar-refractivity contribution in [2.45, 2.75) is 32.5 Å². The topological polar surface area (TPSA) is 108 Å². The first kappa shape index (κ1) is 11.8. The lowest BCUT2D eigenvalue weighted by Gasteiger charge is -2.31. The first-order valence-corrected chi connectivity index (χ1v) is 5.91. The van der Waals surface area contributed by atoms with Gasteiger partial charge in [-0.05, 0) is 6.92 Å². The van der Waals surface area contributed by atoms with Crippen molar-refractivity contribution in [3.8, 4) is 0 Å². The maximum atomic E-state index is 11.4. The van der Waals surface area contributed by atoms with Gasteiger partial charge in [0, 0.05) is 19.5 Å². The standard InChI is InChI=1S/C11H13N5O3/c1-6-8(15-19-14-6)3-16-4-9-7(12-5-13-9)2-10(16)11(17)18/h5,10H,2-4H2,1H3,(H,12,13)(H,17,18). The Morgan fingerprint density at radius 3 is 3.16 bits per heavy atom. The third kappa shape index (κ3) is 2.10. The van der Waals surface area contributed by atoms with Gasteiger partial charge in [-0.15, -0.1) is 0 Å². The largest absolute Gasteiger partial charge is 0.480 e. The highest BCUT2D eigenvalue weighted by Crippen LogP contribution is 2.22. The van der Waals surface area contributed by atoms with Gasteiger partial charge in [0.15, 0.2) is 0 Å². The molecule has 3 heterocycles. The van der Waals surface area contributed by atoms with Crippen LogP contribution in [0.3, 0.4) is 0 Å². The van der Waals surface area contributed by atoms with Crippen LogP contribution in [0.2, 0.25) is 0 Å². The molecule has 1 aliphatic heterocycles. The molecule has 0 radical (unpaired) electrons. The van der Waals surface area contributed by atoms with Gasteiger partial charge in [-0.25, -0.2) is 9.61 Å². The van der Waals surface area contributed by atoms with E-state index in [9.17, 15) is 9.90 Å².